The van der Waals surface area contributed by atoms with Crippen LogP contribution in [0.1, 0.15) is 24.7 Å². The van der Waals surface area contributed by atoms with Crippen LogP contribution in [-0.2, 0) is 0 Å². The van der Waals surface area contributed by atoms with Crippen LogP contribution in [0.4, 0.5) is 0 Å². The zero-order valence-electron chi connectivity index (χ0n) is 38.0. The van der Waals surface area contributed by atoms with E-state index in [0.717, 1.165) is 0 Å². The molecule has 184 valence electrons. The van der Waals surface area contributed by atoms with Crippen LogP contribution >= 0.6 is 0 Å². The van der Waals surface area contributed by atoms with Gasteiger partial charge in [0.15, 0.2) is 0 Å². The van der Waals surface area contributed by atoms with Crippen LogP contribution in [0.2, 0.25) is 0 Å². The third-order valence-electron chi connectivity index (χ3n) is 6.19. The van der Waals surface area contributed by atoms with Crippen LogP contribution < -0.4 is 0 Å². The van der Waals surface area contributed by atoms with Gasteiger partial charge in [-0.2, -0.15) is 0 Å². The highest BCUT2D eigenvalue weighted by Gasteiger charge is 2.16. The summed E-state index contributed by atoms with van der Waals surface area (Å²) in [5.41, 5.74) is -1.18. The van der Waals surface area contributed by atoms with Crippen molar-refractivity contribution in [3.05, 3.63) is 157 Å². The number of benzene rings is 6. The molecule has 1 aromatic heterocycles. The first-order valence-electron chi connectivity index (χ1n) is 20.8. The summed E-state index contributed by atoms with van der Waals surface area (Å²) in [5.74, 6) is 0. The predicted octanol–water partition coefficient (Wildman–Crippen LogP) is 10.9. The van der Waals surface area contributed by atoms with Gasteiger partial charge in [-0.3, -0.25) is 0 Å². The predicted molar refractivity (Wildman–Crippen MR) is 165 cm³/mol. The highest BCUT2D eigenvalue weighted by atomic mass is 16.3. The minimum absolute atomic E-state index is 0.0252. The van der Waals surface area contributed by atoms with Gasteiger partial charge in [0.25, 0.3) is 0 Å². The van der Waals surface area contributed by atoms with Gasteiger partial charge in [-0.15, -0.1) is 0 Å². The Morgan fingerprint density at radius 1 is 0.436 bits per heavy atom. The standard InChI is InChI=1S/C38H26O/c1-3-13-27(14-4-1)31-24-23-30(25-29-17-7-12-22-36(29)39-26-31)38-34-20-10-8-18-32(34)37(28-15-5-2-6-16-28)33-19-9-11-21-35(33)38/h1-26H/i1D,2D,3D,4D,5D,6D,8D,9D,10D,11D,13D,14D,15D,16D,18D,19D,20D,21D. The van der Waals surface area contributed by atoms with E-state index in [1.165, 1.54) is 24.5 Å². The Morgan fingerprint density at radius 2 is 0.923 bits per heavy atom. The Kier molecular flexibility index (Phi) is 2.79. The Hall–Kier alpha value is -5.14. The van der Waals surface area contributed by atoms with E-state index >= 15 is 0 Å². The molecule has 0 aliphatic heterocycles. The Labute approximate surface area is 253 Å². The van der Waals surface area contributed by atoms with Crippen molar-refractivity contribution in [2.24, 2.45) is 0 Å². The molecule has 1 heterocycles. The topological polar surface area (TPSA) is 13.1 Å². The van der Waals surface area contributed by atoms with Gasteiger partial charge in [-0.1, -0.05) is 139 Å². The summed E-state index contributed by atoms with van der Waals surface area (Å²) < 4.78 is 163. The van der Waals surface area contributed by atoms with Crippen molar-refractivity contribution in [3.63, 3.8) is 0 Å². The molecule has 6 aromatic carbocycles. The molecule has 0 aliphatic rings. The average molecular weight is 517 g/mol. The highest BCUT2D eigenvalue weighted by Crippen LogP contribution is 2.43. The van der Waals surface area contributed by atoms with Crippen LogP contribution in [0.15, 0.2) is 162 Å². The summed E-state index contributed by atoms with van der Waals surface area (Å²) >= 11 is 0. The quantitative estimate of drug-likeness (QED) is 0.213. The second kappa shape index (κ2) is 9.96. The third kappa shape index (κ3) is 4.24. The molecule has 0 radical (unpaired) electrons. The smallest absolute Gasteiger partial charge is 0.133 e. The fourth-order valence-corrected chi connectivity index (χ4v) is 4.50. The molecule has 1 heteroatoms. The van der Waals surface area contributed by atoms with Crippen molar-refractivity contribution in [1.29, 1.82) is 0 Å². The summed E-state index contributed by atoms with van der Waals surface area (Å²) in [7, 11) is 0. The van der Waals surface area contributed by atoms with E-state index in [9.17, 15) is 5.48 Å². The van der Waals surface area contributed by atoms with Gasteiger partial charge in [0.2, 0.25) is 0 Å². The molecule has 0 saturated carbocycles. The minimum atomic E-state index is -0.788. The monoisotopic (exact) mass is 516 g/mol. The van der Waals surface area contributed by atoms with Gasteiger partial charge in [-0.05, 0) is 61.5 Å². The zero-order chi connectivity index (χ0) is 41.7. The first-order valence-corrected chi connectivity index (χ1v) is 11.8. The molecule has 0 aliphatic carbocycles. The third-order valence-corrected chi connectivity index (χ3v) is 6.19. The molecular weight excluding hydrogens is 472 g/mol. The molecular formula is C38H26O. The Bertz CT molecular complexity index is 2870. The zero-order valence-corrected chi connectivity index (χ0v) is 20.0. The lowest BCUT2D eigenvalue weighted by Gasteiger charge is -2.17. The van der Waals surface area contributed by atoms with E-state index in [0.29, 0.717) is 5.39 Å². The molecule has 0 spiro atoms. The molecule has 0 bridgehead atoms. The van der Waals surface area contributed by atoms with E-state index < -0.39 is 131 Å². The van der Waals surface area contributed by atoms with E-state index in [1.54, 1.807) is 24.3 Å². The van der Waals surface area contributed by atoms with Crippen molar-refractivity contribution < 1.29 is 29.1 Å². The fourth-order valence-electron chi connectivity index (χ4n) is 4.50. The van der Waals surface area contributed by atoms with E-state index in [2.05, 4.69) is 0 Å². The van der Waals surface area contributed by atoms with Crippen molar-refractivity contribution in [1.82, 2.24) is 0 Å². The summed E-state index contributed by atoms with van der Waals surface area (Å²) in [6.07, 6.45) is 1.18. The molecule has 0 saturated heterocycles. The highest BCUT2D eigenvalue weighted by molar-refractivity contribution is 6.21. The molecule has 7 aromatic rings. The second-order valence-corrected chi connectivity index (χ2v) is 8.41. The number of hydrogen-bond donors (Lipinski definition) is 0. The van der Waals surface area contributed by atoms with Crippen molar-refractivity contribution in [2.75, 3.05) is 0 Å². The van der Waals surface area contributed by atoms with Crippen LogP contribution in [0, 0.1) is 0 Å². The summed E-state index contributed by atoms with van der Waals surface area (Å²) in [6.45, 7) is 0. The van der Waals surface area contributed by atoms with E-state index in [4.69, 9.17) is 23.6 Å². The van der Waals surface area contributed by atoms with Crippen LogP contribution in [0.3, 0.4) is 0 Å². The van der Waals surface area contributed by atoms with Crippen LogP contribution in [-0.4, -0.2) is 0 Å². The van der Waals surface area contributed by atoms with Crippen LogP contribution in [0.5, 0.6) is 0 Å². The largest absolute Gasteiger partial charge is 0.464 e. The lowest BCUT2D eigenvalue weighted by molar-refractivity contribution is 0.608. The van der Waals surface area contributed by atoms with Gasteiger partial charge >= 0.3 is 0 Å². The van der Waals surface area contributed by atoms with Crippen molar-refractivity contribution >= 4 is 32.5 Å². The molecule has 0 atom stereocenters. The lowest BCUT2D eigenvalue weighted by atomic mass is 9.86. The van der Waals surface area contributed by atoms with Gasteiger partial charge in [0, 0.05) is 10.9 Å². The maximum atomic E-state index is 9.27. The Balaban J connectivity index is 1.84. The van der Waals surface area contributed by atoms with Crippen LogP contribution in [0.25, 0.3) is 65.9 Å². The average Bonchev–Trinajstić information content (AvgIpc) is 3.29. The molecule has 1 nitrogen and oxygen atoms in total. The number of rotatable bonds is 3. The maximum absolute atomic E-state index is 9.27. The molecule has 39 heavy (non-hydrogen) atoms. The second-order valence-electron chi connectivity index (χ2n) is 8.41. The number of para-hydroxylation sites is 1. The van der Waals surface area contributed by atoms with Gasteiger partial charge in [0.1, 0.15) is 5.58 Å². The van der Waals surface area contributed by atoms with Gasteiger partial charge in [0.05, 0.1) is 30.9 Å². The summed E-state index contributed by atoms with van der Waals surface area (Å²) in [6, 6.07) is -1.95. The first kappa shape index (κ1) is 10.9. The molecule has 7 rings (SSSR count). The van der Waals surface area contributed by atoms with Crippen molar-refractivity contribution in [2.45, 2.75) is 0 Å². The van der Waals surface area contributed by atoms with E-state index in [-0.39, 0.29) is 38.6 Å². The normalized spacial score (nSPS) is 17.5. The number of hydrogen-bond acceptors (Lipinski definition) is 1. The number of fused-ring (bicyclic) bond motifs is 3. The van der Waals surface area contributed by atoms with Gasteiger partial charge < -0.3 is 4.42 Å². The summed E-state index contributed by atoms with van der Waals surface area (Å²) in [5, 5.41) is -1.07. The molecule has 0 unspecified atom stereocenters. The first-order chi connectivity index (χ1) is 26.8. The fraction of sp³-hybridized carbons (Fsp3) is 0. The molecule has 0 amide bonds. The maximum Gasteiger partial charge on any atom is 0.133 e. The lowest BCUT2D eigenvalue weighted by Crippen LogP contribution is -1.90. The molecule has 0 N–H and O–H groups in total. The Morgan fingerprint density at radius 3 is 1.54 bits per heavy atom. The van der Waals surface area contributed by atoms with E-state index in [1.807, 2.05) is 0 Å². The summed E-state index contributed by atoms with van der Waals surface area (Å²) in [4.78, 5) is 0. The SMILES string of the molecule is [2H]c1c([2H])c([2H])c(-c2ccc(-c3c4c([2H])c([2H])c([2H])c([2H])c4c(-c4c([2H])c([2H])c([2H])c([2H])c4[2H])c4c([2H])c([2H])c([2H])c([2H])c34)cc3ccccc3oc2)c([2H])c1[2H]. The van der Waals surface area contributed by atoms with Gasteiger partial charge in [-0.25, -0.2) is 0 Å². The minimum Gasteiger partial charge on any atom is -0.464 e. The van der Waals surface area contributed by atoms with Crippen molar-refractivity contribution in [3.8, 4) is 33.4 Å². The molecule has 0 fully saturated rings.